The van der Waals surface area contributed by atoms with Crippen molar-refractivity contribution in [3.8, 4) is 0 Å². The molecule has 13 heavy (non-hydrogen) atoms. The molecule has 0 unspecified atom stereocenters. The summed E-state index contributed by atoms with van der Waals surface area (Å²) in [6, 6.07) is 10.3. The standard InChI is InChI=1S/C10H11IO2/c11-9-6-12-7-13-10(9)8-4-2-1-3-5-8/h1-5,9-10H,6-7H2/t9-,10+/m1/s1. The van der Waals surface area contributed by atoms with Gasteiger partial charge in [0, 0.05) is 0 Å². The van der Waals surface area contributed by atoms with Gasteiger partial charge in [-0.3, -0.25) is 0 Å². The van der Waals surface area contributed by atoms with Crippen LogP contribution in [0.15, 0.2) is 30.3 Å². The SMILES string of the molecule is I[C@@H]1COCO[C@H]1c1ccccc1. The Hall–Kier alpha value is -0.130. The number of hydrogen-bond acceptors (Lipinski definition) is 2. The van der Waals surface area contributed by atoms with Gasteiger partial charge in [0.25, 0.3) is 0 Å². The fourth-order valence-corrected chi connectivity index (χ4v) is 2.30. The van der Waals surface area contributed by atoms with Gasteiger partial charge in [-0.2, -0.15) is 0 Å². The summed E-state index contributed by atoms with van der Waals surface area (Å²) in [7, 11) is 0. The van der Waals surface area contributed by atoms with Crippen molar-refractivity contribution in [1.82, 2.24) is 0 Å². The lowest BCUT2D eigenvalue weighted by atomic mass is 10.1. The molecule has 1 heterocycles. The predicted molar refractivity (Wildman–Crippen MR) is 58.9 cm³/mol. The lowest BCUT2D eigenvalue weighted by Crippen LogP contribution is -2.28. The van der Waals surface area contributed by atoms with Gasteiger partial charge in [-0.1, -0.05) is 52.9 Å². The van der Waals surface area contributed by atoms with Gasteiger partial charge in [-0.15, -0.1) is 0 Å². The van der Waals surface area contributed by atoms with Gasteiger partial charge in [0.1, 0.15) is 6.79 Å². The largest absolute Gasteiger partial charge is 0.354 e. The summed E-state index contributed by atoms with van der Waals surface area (Å²) in [5, 5.41) is 0. The van der Waals surface area contributed by atoms with Crippen LogP contribution in [0.25, 0.3) is 0 Å². The zero-order valence-corrected chi connectivity index (χ0v) is 9.31. The Morgan fingerprint density at radius 1 is 1.23 bits per heavy atom. The molecule has 0 spiro atoms. The Morgan fingerprint density at radius 2 is 2.00 bits per heavy atom. The van der Waals surface area contributed by atoms with E-state index >= 15 is 0 Å². The molecule has 70 valence electrons. The van der Waals surface area contributed by atoms with Crippen LogP contribution < -0.4 is 0 Å². The third kappa shape index (κ3) is 2.21. The van der Waals surface area contributed by atoms with E-state index in [1.54, 1.807) is 0 Å². The number of benzene rings is 1. The zero-order valence-electron chi connectivity index (χ0n) is 7.15. The Bertz CT molecular complexity index is 263. The average molecular weight is 290 g/mol. The Labute approximate surface area is 91.4 Å². The first-order valence-electron chi connectivity index (χ1n) is 4.26. The molecule has 0 N–H and O–H groups in total. The quantitative estimate of drug-likeness (QED) is 0.584. The molecule has 0 aliphatic carbocycles. The van der Waals surface area contributed by atoms with Gasteiger partial charge in [0.05, 0.1) is 16.6 Å². The first-order valence-corrected chi connectivity index (χ1v) is 5.51. The molecule has 3 heteroatoms. The van der Waals surface area contributed by atoms with Crippen LogP contribution in [0.5, 0.6) is 0 Å². The maximum absolute atomic E-state index is 5.55. The van der Waals surface area contributed by atoms with Crippen LogP contribution >= 0.6 is 22.6 Å². The summed E-state index contributed by atoms with van der Waals surface area (Å²) in [5.41, 5.74) is 1.24. The van der Waals surface area contributed by atoms with Crippen molar-refractivity contribution in [2.45, 2.75) is 10.0 Å². The normalized spacial score (nSPS) is 28.7. The van der Waals surface area contributed by atoms with Crippen molar-refractivity contribution < 1.29 is 9.47 Å². The first kappa shape index (κ1) is 9.43. The van der Waals surface area contributed by atoms with E-state index in [1.165, 1.54) is 5.56 Å². The van der Waals surface area contributed by atoms with Gasteiger partial charge < -0.3 is 9.47 Å². The van der Waals surface area contributed by atoms with E-state index in [0.29, 0.717) is 10.7 Å². The van der Waals surface area contributed by atoms with E-state index < -0.39 is 0 Å². The molecule has 0 aromatic heterocycles. The molecule has 0 bridgehead atoms. The molecular weight excluding hydrogens is 279 g/mol. The van der Waals surface area contributed by atoms with Crippen LogP contribution in [0, 0.1) is 0 Å². The van der Waals surface area contributed by atoms with Crippen molar-refractivity contribution in [3.63, 3.8) is 0 Å². The summed E-state index contributed by atoms with van der Waals surface area (Å²) in [6.45, 7) is 1.19. The smallest absolute Gasteiger partial charge is 0.147 e. The van der Waals surface area contributed by atoms with Crippen LogP contribution in [0.3, 0.4) is 0 Å². The average Bonchev–Trinajstić information content (AvgIpc) is 2.20. The minimum absolute atomic E-state index is 0.190. The molecule has 2 atom stereocenters. The lowest BCUT2D eigenvalue weighted by molar-refractivity contribution is -0.133. The molecule has 0 saturated carbocycles. The fourth-order valence-electron chi connectivity index (χ4n) is 1.42. The summed E-state index contributed by atoms with van der Waals surface area (Å²) in [6.07, 6.45) is 0.190. The lowest BCUT2D eigenvalue weighted by Gasteiger charge is -2.28. The molecule has 0 radical (unpaired) electrons. The van der Waals surface area contributed by atoms with Crippen LogP contribution in [-0.2, 0) is 9.47 Å². The number of ether oxygens (including phenoxy) is 2. The van der Waals surface area contributed by atoms with Crippen molar-refractivity contribution >= 4 is 22.6 Å². The maximum Gasteiger partial charge on any atom is 0.147 e. The van der Waals surface area contributed by atoms with Crippen LogP contribution in [0.4, 0.5) is 0 Å². The molecule has 2 nitrogen and oxygen atoms in total. The molecule has 1 aromatic rings. The van der Waals surface area contributed by atoms with Gasteiger partial charge >= 0.3 is 0 Å². The Morgan fingerprint density at radius 3 is 2.69 bits per heavy atom. The van der Waals surface area contributed by atoms with Crippen molar-refractivity contribution in [2.24, 2.45) is 0 Å². The molecule has 1 aliphatic heterocycles. The second-order valence-electron chi connectivity index (χ2n) is 3.00. The number of rotatable bonds is 1. The molecule has 0 amide bonds. The molecule has 1 aromatic carbocycles. The third-order valence-electron chi connectivity index (χ3n) is 2.06. The molecule has 1 fully saturated rings. The van der Waals surface area contributed by atoms with Gasteiger partial charge in [-0.05, 0) is 5.56 Å². The van der Waals surface area contributed by atoms with Crippen molar-refractivity contribution in [1.29, 1.82) is 0 Å². The first-order chi connectivity index (χ1) is 6.38. The zero-order chi connectivity index (χ0) is 9.10. The molecular formula is C10H11IO2. The highest BCUT2D eigenvalue weighted by molar-refractivity contribution is 14.1. The second-order valence-corrected chi connectivity index (χ2v) is 4.60. The van der Waals surface area contributed by atoms with Crippen LogP contribution in [0.1, 0.15) is 11.7 Å². The number of alkyl halides is 1. The summed E-state index contributed by atoms with van der Waals surface area (Å²) in [5.74, 6) is 0. The fraction of sp³-hybridized carbons (Fsp3) is 0.400. The van der Waals surface area contributed by atoms with E-state index in [-0.39, 0.29) is 6.10 Å². The third-order valence-corrected chi connectivity index (χ3v) is 3.08. The summed E-state index contributed by atoms with van der Waals surface area (Å²) >= 11 is 2.37. The molecule has 2 rings (SSSR count). The summed E-state index contributed by atoms with van der Waals surface area (Å²) < 4.78 is 11.2. The number of halogens is 1. The predicted octanol–water partition coefficient (Wildman–Crippen LogP) is 2.54. The van der Waals surface area contributed by atoms with Crippen molar-refractivity contribution in [3.05, 3.63) is 35.9 Å². The summed E-state index contributed by atoms with van der Waals surface area (Å²) in [4.78, 5) is 0. The minimum Gasteiger partial charge on any atom is -0.354 e. The van der Waals surface area contributed by atoms with Gasteiger partial charge in [-0.25, -0.2) is 0 Å². The maximum atomic E-state index is 5.55. The highest BCUT2D eigenvalue weighted by Gasteiger charge is 2.25. The van der Waals surface area contributed by atoms with E-state index in [0.717, 1.165) is 6.61 Å². The molecule has 1 saturated heterocycles. The minimum atomic E-state index is 0.190. The van der Waals surface area contributed by atoms with E-state index in [4.69, 9.17) is 9.47 Å². The number of hydrogen-bond donors (Lipinski definition) is 0. The highest BCUT2D eigenvalue weighted by atomic mass is 127. The Balaban J connectivity index is 2.15. The van der Waals surface area contributed by atoms with E-state index in [9.17, 15) is 0 Å². The van der Waals surface area contributed by atoms with Crippen LogP contribution in [0.2, 0.25) is 0 Å². The van der Waals surface area contributed by atoms with Crippen LogP contribution in [-0.4, -0.2) is 17.3 Å². The topological polar surface area (TPSA) is 18.5 Å². The molecule has 1 aliphatic rings. The monoisotopic (exact) mass is 290 g/mol. The Kier molecular flexibility index (Phi) is 3.18. The van der Waals surface area contributed by atoms with Gasteiger partial charge in [0.2, 0.25) is 0 Å². The highest BCUT2D eigenvalue weighted by Crippen LogP contribution is 2.29. The van der Waals surface area contributed by atoms with E-state index in [2.05, 4.69) is 34.7 Å². The van der Waals surface area contributed by atoms with E-state index in [1.807, 2.05) is 18.2 Å². The van der Waals surface area contributed by atoms with Gasteiger partial charge in [0.15, 0.2) is 0 Å². The second kappa shape index (κ2) is 4.39. The van der Waals surface area contributed by atoms with Crippen molar-refractivity contribution in [2.75, 3.05) is 13.4 Å².